The lowest BCUT2D eigenvalue weighted by Gasteiger charge is -2.35. The highest BCUT2D eigenvalue weighted by Gasteiger charge is 2.20. The molecule has 1 saturated heterocycles. The summed E-state index contributed by atoms with van der Waals surface area (Å²) in [6, 6.07) is 10.5. The molecule has 0 saturated carbocycles. The first kappa shape index (κ1) is 16.9. The molecule has 0 atom stereocenters. The first-order valence-electron chi connectivity index (χ1n) is 8.44. The van der Waals surface area contributed by atoms with Gasteiger partial charge in [-0.25, -0.2) is 9.07 Å². The summed E-state index contributed by atoms with van der Waals surface area (Å²) in [5, 5.41) is 13.2. The number of hydrogen-bond donors (Lipinski definition) is 0. The molecule has 0 radical (unpaired) electrons. The molecule has 0 bridgehead atoms. The van der Waals surface area contributed by atoms with E-state index < -0.39 is 0 Å². The third-order valence-electron chi connectivity index (χ3n) is 4.52. The zero-order valence-corrected chi connectivity index (χ0v) is 14.8. The lowest BCUT2D eigenvalue weighted by Crippen LogP contribution is -2.46. The maximum absolute atomic E-state index is 14.0. The molecule has 1 aromatic carbocycles. The predicted molar refractivity (Wildman–Crippen MR) is 98.1 cm³/mol. The minimum atomic E-state index is -0.250. The van der Waals surface area contributed by atoms with E-state index in [4.69, 9.17) is 11.6 Å². The van der Waals surface area contributed by atoms with Crippen LogP contribution in [0.3, 0.4) is 0 Å². The van der Waals surface area contributed by atoms with Crippen LogP contribution >= 0.6 is 11.6 Å². The van der Waals surface area contributed by atoms with Crippen LogP contribution in [-0.4, -0.2) is 51.1 Å². The molecule has 0 N–H and O–H groups in total. The van der Waals surface area contributed by atoms with E-state index in [1.54, 1.807) is 23.0 Å². The second kappa shape index (κ2) is 7.39. The number of halogens is 2. The van der Waals surface area contributed by atoms with E-state index in [-0.39, 0.29) is 5.82 Å². The van der Waals surface area contributed by atoms with E-state index in [0.29, 0.717) is 22.9 Å². The fourth-order valence-electron chi connectivity index (χ4n) is 3.06. The molecule has 26 heavy (non-hydrogen) atoms. The van der Waals surface area contributed by atoms with E-state index in [1.807, 2.05) is 24.4 Å². The van der Waals surface area contributed by atoms with Crippen LogP contribution in [-0.2, 0) is 6.54 Å². The standard InChI is InChI=1S/C18H18ClFN6/c19-15-3-1-4-16(20)14(15)13-24-9-11-25(12-10-24)17-5-6-18(23-22-17)26-8-2-7-21-26/h1-8H,9-13H2. The van der Waals surface area contributed by atoms with Gasteiger partial charge in [0.2, 0.25) is 0 Å². The number of benzene rings is 1. The zero-order chi connectivity index (χ0) is 17.9. The van der Waals surface area contributed by atoms with E-state index in [9.17, 15) is 4.39 Å². The third kappa shape index (κ3) is 3.54. The molecule has 3 aromatic rings. The Labute approximate surface area is 155 Å². The van der Waals surface area contributed by atoms with Crippen molar-refractivity contribution in [2.75, 3.05) is 31.1 Å². The Morgan fingerprint density at radius 3 is 2.38 bits per heavy atom. The summed E-state index contributed by atoms with van der Waals surface area (Å²) in [4.78, 5) is 4.38. The van der Waals surface area contributed by atoms with Crippen molar-refractivity contribution in [3.63, 3.8) is 0 Å². The van der Waals surface area contributed by atoms with E-state index >= 15 is 0 Å². The lowest BCUT2D eigenvalue weighted by atomic mass is 10.2. The van der Waals surface area contributed by atoms with Crippen LogP contribution in [0.2, 0.25) is 5.02 Å². The van der Waals surface area contributed by atoms with E-state index in [0.717, 1.165) is 32.0 Å². The molecule has 4 rings (SSSR count). The SMILES string of the molecule is Fc1cccc(Cl)c1CN1CCN(c2ccc(-n3cccn3)nn2)CC1. The largest absolute Gasteiger partial charge is 0.353 e. The average molecular weight is 373 g/mol. The Hall–Kier alpha value is -2.51. The van der Waals surface area contributed by atoms with Crippen molar-refractivity contribution in [1.29, 1.82) is 0 Å². The summed E-state index contributed by atoms with van der Waals surface area (Å²) in [6.07, 6.45) is 3.53. The van der Waals surface area contributed by atoms with Gasteiger partial charge in [0.15, 0.2) is 11.6 Å². The minimum absolute atomic E-state index is 0.250. The van der Waals surface area contributed by atoms with Crippen molar-refractivity contribution in [2.24, 2.45) is 0 Å². The molecule has 3 heterocycles. The summed E-state index contributed by atoms with van der Waals surface area (Å²) in [6.45, 7) is 3.76. The fraction of sp³-hybridized carbons (Fsp3) is 0.278. The molecule has 8 heteroatoms. The molecule has 1 fully saturated rings. The Morgan fingerprint density at radius 2 is 1.73 bits per heavy atom. The number of anilines is 1. The van der Waals surface area contributed by atoms with Gasteiger partial charge in [0, 0.05) is 55.7 Å². The van der Waals surface area contributed by atoms with Gasteiger partial charge in [-0.2, -0.15) is 5.10 Å². The van der Waals surface area contributed by atoms with Crippen molar-refractivity contribution in [1.82, 2.24) is 24.9 Å². The zero-order valence-electron chi connectivity index (χ0n) is 14.1. The molecule has 0 unspecified atom stereocenters. The Bertz CT molecular complexity index is 840. The van der Waals surface area contributed by atoms with Gasteiger partial charge in [-0.15, -0.1) is 10.2 Å². The highest BCUT2D eigenvalue weighted by Crippen LogP contribution is 2.22. The van der Waals surface area contributed by atoms with Crippen LogP contribution in [0.4, 0.5) is 10.2 Å². The second-order valence-electron chi connectivity index (χ2n) is 6.16. The number of hydrogen-bond acceptors (Lipinski definition) is 5. The van der Waals surface area contributed by atoms with Crippen LogP contribution in [0.25, 0.3) is 5.82 Å². The predicted octanol–water partition coefficient (Wildman–Crippen LogP) is 2.78. The second-order valence-corrected chi connectivity index (χ2v) is 6.57. The molecule has 0 amide bonds. The molecular formula is C18H18ClFN6. The molecule has 134 valence electrons. The summed E-state index contributed by atoms with van der Waals surface area (Å²) in [5.41, 5.74) is 0.561. The van der Waals surface area contributed by atoms with Crippen molar-refractivity contribution < 1.29 is 4.39 Å². The summed E-state index contributed by atoms with van der Waals surface area (Å²) in [7, 11) is 0. The Morgan fingerprint density at radius 1 is 0.962 bits per heavy atom. The molecule has 6 nitrogen and oxygen atoms in total. The van der Waals surface area contributed by atoms with E-state index in [1.165, 1.54) is 6.07 Å². The van der Waals surface area contributed by atoms with Crippen LogP contribution in [0.1, 0.15) is 5.56 Å². The van der Waals surface area contributed by atoms with Gasteiger partial charge >= 0.3 is 0 Å². The van der Waals surface area contributed by atoms with Gasteiger partial charge in [0.25, 0.3) is 0 Å². The topological polar surface area (TPSA) is 50.1 Å². The number of aromatic nitrogens is 4. The van der Waals surface area contributed by atoms with Crippen LogP contribution in [0.5, 0.6) is 0 Å². The van der Waals surface area contributed by atoms with Crippen molar-refractivity contribution in [2.45, 2.75) is 6.54 Å². The van der Waals surface area contributed by atoms with Gasteiger partial charge in [-0.3, -0.25) is 4.90 Å². The fourth-order valence-corrected chi connectivity index (χ4v) is 3.28. The van der Waals surface area contributed by atoms with Crippen LogP contribution in [0, 0.1) is 5.82 Å². The van der Waals surface area contributed by atoms with Crippen molar-refractivity contribution in [3.8, 4) is 5.82 Å². The molecular weight excluding hydrogens is 355 g/mol. The quantitative estimate of drug-likeness (QED) is 0.705. The minimum Gasteiger partial charge on any atom is -0.353 e. The number of rotatable bonds is 4. The highest BCUT2D eigenvalue weighted by molar-refractivity contribution is 6.31. The highest BCUT2D eigenvalue weighted by atomic mass is 35.5. The summed E-state index contributed by atoms with van der Waals surface area (Å²) >= 11 is 6.13. The third-order valence-corrected chi connectivity index (χ3v) is 4.87. The Balaban J connectivity index is 1.38. The summed E-state index contributed by atoms with van der Waals surface area (Å²) in [5.74, 6) is 1.27. The van der Waals surface area contributed by atoms with Gasteiger partial charge in [0.1, 0.15) is 5.82 Å². The first-order chi connectivity index (χ1) is 12.7. The van der Waals surface area contributed by atoms with Gasteiger partial charge < -0.3 is 4.90 Å². The monoisotopic (exact) mass is 372 g/mol. The van der Waals surface area contributed by atoms with Gasteiger partial charge in [-0.1, -0.05) is 17.7 Å². The number of piperazine rings is 1. The smallest absolute Gasteiger partial charge is 0.175 e. The van der Waals surface area contributed by atoms with E-state index in [2.05, 4.69) is 25.1 Å². The molecule has 1 aliphatic heterocycles. The molecule has 0 spiro atoms. The van der Waals surface area contributed by atoms with Crippen LogP contribution < -0.4 is 4.90 Å². The normalized spacial score (nSPS) is 15.4. The average Bonchev–Trinajstić information content (AvgIpc) is 3.20. The molecule has 1 aliphatic rings. The van der Waals surface area contributed by atoms with Crippen molar-refractivity contribution in [3.05, 3.63) is 65.2 Å². The maximum Gasteiger partial charge on any atom is 0.175 e. The van der Waals surface area contributed by atoms with Gasteiger partial charge in [-0.05, 0) is 30.3 Å². The maximum atomic E-state index is 14.0. The Kier molecular flexibility index (Phi) is 4.81. The van der Waals surface area contributed by atoms with Crippen molar-refractivity contribution >= 4 is 17.4 Å². The summed E-state index contributed by atoms with van der Waals surface area (Å²) < 4.78 is 15.6. The lowest BCUT2D eigenvalue weighted by molar-refractivity contribution is 0.246. The number of nitrogens with zero attached hydrogens (tertiary/aromatic N) is 6. The van der Waals surface area contributed by atoms with Gasteiger partial charge in [0.05, 0.1) is 0 Å². The van der Waals surface area contributed by atoms with Crippen LogP contribution in [0.15, 0.2) is 48.8 Å². The first-order valence-corrected chi connectivity index (χ1v) is 8.82. The molecule has 0 aliphatic carbocycles. The molecule has 2 aromatic heterocycles.